The van der Waals surface area contributed by atoms with Crippen LogP contribution in [0, 0.1) is 0 Å². The minimum atomic E-state index is -1.25. The van der Waals surface area contributed by atoms with Gasteiger partial charge in [-0.3, -0.25) is 14.4 Å². The van der Waals surface area contributed by atoms with E-state index >= 15 is 0 Å². The molecule has 114 valence electrons. The van der Waals surface area contributed by atoms with Gasteiger partial charge in [0, 0.05) is 5.56 Å². The number of rotatable bonds is 5. The smallest absolute Gasteiger partial charge is 0.323 e. The second-order valence-corrected chi connectivity index (χ2v) is 5.74. The molecule has 0 bridgehead atoms. The highest BCUT2D eigenvalue weighted by Gasteiger charge is 2.26. The molecule has 1 aromatic carbocycles. The summed E-state index contributed by atoms with van der Waals surface area (Å²) in [6.07, 6.45) is 0. The van der Waals surface area contributed by atoms with Gasteiger partial charge in [0.15, 0.2) is 0 Å². The van der Waals surface area contributed by atoms with Crippen molar-refractivity contribution < 1.29 is 24.6 Å². The van der Waals surface area contributed by atoms with Crippen molar-refractivity contribution in [3.05, 3.63) is 35.4 Å². The van der Waals surface area contributed by atoms with E-state index in [-0.39, 0.29) is 5.41 Å². The lowest BCUT2D eigenvalue weighted by atomic mass is 9.83. The van der Waals surface area contributed by atoms with Gasteiger partial charge < -0.3 is 15.1 Å². The first kappa shape index (κ1) is 16.7. The largest absolute Gasteiger partial charge is 0.480 e. The number of carbonyl (C=O) groups excluding carboxylic acids is 1. The van der Waals surface area contributed by atoms with Crippen molar-refractivity contribution in [3.63, 3.8) is 0 Å². The molecular weight excluding hydrogens is 274 g/mol. The monoisotopic (exact) mass is 293 g/mol. The normalized spacial score (nSPS) is 11.0. The first-order valence-electron chi connectivity index (χ1n) is 6.45. The summed E-state index contributed by atoms with van der Waals surface area (Å²) in [5.74, 6) is -3.10. The second kappa shape index (κ2) is 6.39. The molecule has 6 nitrogen and oxygen atoms in total. The fraction of sp³-hybridized carbons (Fsp3) is 0.400. The van der Waals surface area contributed by atoms with Gasteiger partial charge in [-0.15, -0.1) is 0 Å². The number of hydrogen-bond donors (Lipinski definition) is 2. The molecule has 2 N–H and O–H groups in total. The van der Waals surface area contributed by atoms with E-state index in [1.54, 1.807) is 24.3 Å². The summed E-state index contributed by atoms with van der Waals surface area (Å²) in [5, 5.41) is 17.7. The Kier molecular flexibility index (Phi) is 5.07. The van der Waals surface area contributed by atoms with Crippen LogP contribution in [-0.4, -0.2) is 46.0 Å². The van der Waals surface area contributed by atoms with Gasteiger partial charge in [0.1, 0.15) is 13.1 Å². The highest BCUT2D eigenvalue weighted by molar-refractivity contribution is 5.99. The van der Waals surface area contributed by atoms with E-state index in [1.165, 1.54) is 0 Å². The van der Waals surface area contributed by atoms with Crippen molar-refractivity contribution in [3.8, 4) is 0 Å². The Bertz CT molecular complexity index is 543. The van der Waals surface area contributed by atoms with Crippen LogP contribution in [0.25, 0.3) is 0 Å². The Balaban J connectivity index is 3.20. The number of carbonyl (C=O) groups is 3. The van der Waals surface area contributed by atoms with E-state index in [0.717, 1.165) is 10.5 Å². The summed E-state index contributed by atoms with van der Waals surface area (Å²) in [6, 6.07) is 6.82. The molecule has 0 aliphatic carbocycles. The van der Waals surface area contributed by atoms with Crippen LogP contribution in [-0.2, 0) is 15.0 Å². The number of aliphatic carboxylic acids is 2. The van der Waals surface area contributed by atoms with Crippen molar-refractivity contribution >= 4 is 17.8 Å². The van der Waals surface area contributed by atoms with Crippen LogP contribution < -0.4 is 0 Å². The SMILES string of the molecule is CC(C)(C)c1ccccc1C(=O)N(CC(=O)O)CC(=O)O. The van der Waals surface area contributed by atoms with Crippen molar-refractivity contribution in [2.24, 2.45) is 0 Å². The minimum Gasteiger partial charge on any atom is -0.480 e. The molecule has 0 aliphatic heterocycles. The maximum absolute atomic E-state index is 12.5. The lowest BCUT2D eigenvalue weighted by Gasteiger charge is -2.25. The quantitative estimate of drug-likeness (QED) is 0.859. The summed E-state index contributed by atoms with van der Waals surface area (Å²) in [5.41, 5.74) is 0.757. The average molecular weight is 293 g/mol. The minimum absolute atomic E-state index is 0.315. The zero-order valence-electron chi connectivity index (χ0n) is 12.3. The molecular formula is C15H19NO5. The van der Waals surface area contributed by atoms with E-state index < -0.39 is 30.9 Å². The topological polar surface area (TPSA) is 94.9 Å². The highest BCUT2D eigenvalue weighted by Crippen LogP contribution is 2.26. The van der Waals surface area contributed by atoms with E-state index in [2.05, 4.69) is 0 Å². The van der Waals surface area contributed by atoms with Crippen LogP contribution in [0.2, 0.25) is 0 Å². The Morgan fingerprint density at radius 2 is 1.48 bits per heavy atom. The van der Waals surface area contributed by atoms with E-state index in [0.29, 0.717) is 5.56 Å². The zero-order chi connectivity index (χ0) is 16.2. The van der Waals surface area contributed by atoms with Gasteiger partial charge in [0.05, 0.1) is 0 Å². The van der Waals surface area contributed by atoms with E-state index in [9.17, 15) is 14.4 Å². The van der Waals surface area contributed by atoms with Gasteiger partial charge in [-0.2, -0.15) is 0 Å². The lowest BCUT2D eigenvalue weighted by Crippen LogP contribution is -2.40. The van der Waals surface area contributed by atoms with Gasteiger partial charge in [0.25, 0.3) is 5.91 Å². The van der Waals surface area contributed by atoms with Gasteiger partial charge in [-0.1, -0.05) is 39.0 Å². The zero-order valence-corrected chi connectivity index (χ0v) is 12.3. The molecule has 0 radical (unpaired) electrons. The number of nitrogens with zero attached hydrogens (tertiary/aromatic N) is 1. The maximum Gasteiger partial charge on any atom is 0.323 e. The van der Waals surface area contributed by atoms with Crippen molar-refractivity contribution in [2.45, 2.75) is 26.2 Å². The molecule has 21 heavy (non-hydrogen) atoms. The van der Waals surface area contributed by atoms with Gasteiger partial charge in [-0.05, 0) is 17.0 Å². The third-order valence-corrected chi connectivity index (χ3v) is 2.90. The molecule has 6 heteroatoms. The Morgan fingerprint density at radius 1 is 1.00 bits per heavy atom. The van der Waals surface area contributed by atoms with Crippen molar-refractivity contribution in [1.29, 1.82) is 0 Å². The van der Waals surface area contributed by atoms with Crippen LogP contribution in [0.4, 0.5) is 0 Å². The third kappa shape index (κ3) is 4.59. The molecule has 0 fully saturated rings. The average Bonchev–Trinajstić information content (AvgIpc) is 2.35. The molecule has 1 amide bonds. The summed E-state index contributed by atoms with van der Waals surface area (Å²) in [4.78, 5) is 34.9. The van der Waals surface area contributed by atoms with E-state index in [4.69, 9.17) is 10.2 Å². The Hall–Kier alpha value is -2.37. The first-order chi connectivity index (χ1) is 9.62. The summed E-state index contributed by atoms with van der Waals surface area (Å²) < 4.78 is 0. The van der Waals surface area contributed by atoms with Crippen LogP contribution in [0.3, 0.4) is 0 Å². The van der Waals surface area contributed by atoms with Crippen LogP contribution in [0.5, 0.6) is 0 Å². The summed E-state index contributed by atoms with van der Waals surface area (Å²) in [6.45, 7) is 4.49. The number of carboxylic acids is 2. The van der Waals surface area contributed by atoms with Crippen LogP contribution >= 0.6 is 0 Å². The molecule has 1 aromatic rings. The van der Waals surface area contributed by atoms with Crippen LogP contribution in [0.1, 0.15) is 36.7 Å². The summed E-state index contributed by atoms with van der Waals surface area (Å²) in [7, 11) is 0. The second-order valence-electron chi connectivity index (χ2n) is 5.74. The molecule has 0 spiro atoms. The Labute approximate surface area is 123 Å². The molecule has 0 aliphatic rings. The molecule has 0 saturated heterocycles. The highest BCUT2D eigenvalue weighted by atomic mass is 16.4. The predicted octanol–water partition coefficient (Wildman–Crippen LogP) is 1.60. The van der Waals surface area contributed by atoms with Crippen LogP contribution in [0.15, 0.2) is 24.3 Å². The summed E-state index contributed by atoms with van der Waals surface area (Å²) >= 11 is 0. The lowest BCUT2D eigenvalue weighted by molar-refractivity contribution is -0.140. The van der Waals surface area contributed by atoms with Crippen molar-refractivity contribution in [1.82, 2.24) is 4.90 Å². The number of benzene rings is 1. The number of carboxylic acid groups (broad SMARTS) is 2. The number of amides is 1. The third-order valence-electron chi connectivity index (χ3n) is 2.90. The fourth-order valence-electron chi connectivity index (χ4n) is 2.02. The standard InChI is InChI=1S/C15H19NO5/c1-15(2,3)11-7-5-4-6-10(11)14(21)16(8-12(17)18)9-13(19)20/h4-7H,8-9H2,1-3H3,(H,17,18)(H,19,20). The predicted molar refractivity (Wildman–Crippen MR) is 76.3 cm³/mol. The first-order valence-corrected chi connectivity index (χ1v) is 6.45. The van der Waals surface area contributed by atoms with Gasteiger partial charge in [-0.25, -0.2) is 0 Å². The number of hydrogen-bond acceptors (Lipinski definition) is 3. The molecule has 1 rings (SSSR count). The maximum atomic E-state index is 12.5. The van der Waals surface area contributed by atoms with E-state index in [1.807, 2.05) is 20.8 Å². The Morgan fingerprint density at radius 3 is 1.90 bits per heavy atom. The van der Waals surface area contributed by atoms with Crippen molar-refractivity contribution in [2.75, 3.05) is 13.1 Å². The van der Waals surface area contributed by atoms with Gasteiger partial charge in [0.2, 0.25) is 0 Å². The molecule has 0 heterocycles. The fourth-order valence-corrected chi connectivity index (χ4v) is 2.02. The molecule has 0 saturated carbocycles. The molecule has 0 atom stereocenters. The van der Waals surface area contributed by atoms with Gasteiger partial charge >= 0.3 is 11.9 Å². The molecule has 0 unspecified atom stereocenters. The molecule has 0 aromatic heterocycles.